The van der Waals surface area contributed by atoms with Crippen molar-refractivity contribution in [2.45, 2.75) is 44.6 Å². The molecule has 2 aliphatic rings. The van der Waals surface area contributed by atoms with Crippen molar-refractivity contribution < 1.29 is 9.90 Å². The van der Waals surface area contributed by atoms with Crippen molar-refractivity contribution in [1.29, 1.82) is 0 Å². The summed E-state index contributed by atoms with van der Waals surface area (Å²) in [7, 11) is 0. The third-order valence-electron chi connectivity index (χ3n) is 3.79. The van der Waals surface area contributed by atoms with Gasteiger partial charge in [0.05, 0.1) is 0 Å². The van der Waals surface area contributed by atoms with E-state index in [0.29, 0.717) is 24.3 Å². The molecular weight excluding hydrogens is 190 g/mol. The molecule has 0 radical (unpaired) electrons. The summed E-state index contributed by atoms with van der Waals surface area (Å²) in [6.45, 7) is 2.42. The van der Waals surface area contributed by atoms with Crippen LogP contribution in [0.4, 0.5) is 0 Å². The van der Waals surface area contributed by atoms with E-state index in [9.17, 15) is 9.90 Å². The molecule has 0 bridgehead atoms. The van der Waals surface area contributed by atoms with E-state index >= 15 is 0 Å². The molecule has 0 amide bonds. The van der Waals surface area contributed by atoms with E-state index in [4.69, 9.17) is 0 Å². The van der Waals surface area contributed by atoms with Gasteiger partial charge in [-0.2, -0.15) is 0 Å². The first-order chi connectivity index (χ1) is 7.29. The van der Waals surface area contributed by atoms with Crippen LogP contribution in [0.1, 0.15) is 38.5 Å². The number of carbonyl (C=O) groups is 1. The summed E-state index contributed by atoms with van der Waals surface area (Å²) in [6, 6.07) is 0.477. The predicted molar refractivity (Wildman–Crippen MR) is 58.6 cm³/mol. The Labute approximate surface area is 91.5 Å². The molecule has 1 saturated heterocycles. The van der Waals surface area contributed by atoms with Crippen molar-refractivity contribution in [2.75, 3.05) is 19.7 Å². The Balaban J connectivity index is 1.92. The fraction of sp³-hybridized carbons (Fsp3) is 0.917. The predicted octanol–water partition coefficient (Wildman–Crippen LogP) is 1.20. The summed E-state index contributed by atoms with van der Waals surface area (Å²) in [5.41, 5.74) is 0. The number of aliphatic hydroxyl groups excluding tert-OH is 1. The zero-order valence-corrected chi connectivity index (χ0v) is 9.32. The molecule has 1 heterocycles. The molecule has 2 unspecified atom stereocenters. The van der Waals surface area contributed by atoms with Crippen LogP contribution >= 0.6 is 0 Å². The molecule has 1 saturated carbocycles. The van der Waals surface area contributed by atoms with Gasteiger partial charge >= 0.3 is 0 Å². The van der Waals surface area contributed by atoms with Crippen LogP contribution in [0, 0.1) is 5.92 Å². The Bertz CT molecular complexity index is 230. The summed E-state index contributed by atoms with van der Waals surface area (Å²) >= 11 is 0. The average Bonchev–Trinajstić information content (AvgIpc) is 2.54. The van der Waals surface area contributed by atoms with Crippen molar-refractivity contribution in [1.82, 2.24) is 4.90 Å². The maximum atomic E-state index is 11.3. The number of nitrogens with zero attached hydrogens (tertiary/aromatic N) is 1. The standard InChI is InChI=1S/C12H21NO2/c14-9-10-3-1-2-6-13(8-10)11-4-5-12(15)7-11/h10-11,14H,1-9H2. The van der Waals surface area contributed by atoms with Gasteiger partial charge in [-0.05, 0) is 31.7 Å². The first kappa shape index (κ1) is 11.1. The Kier molecular flexibility index (Phi) is 3.76. The van der Waals surface area contributed by atoms with E-state index in [1.165, 1.54) is 12.8 Å². The Morgan fingerprint density at radius 3 is 2.87 bits per heavy atom. The number of carbonyl (C=O) groups excluding carboxylic acids is 1. The van der Waals surface area contributed by atoms with Crippen molar-refractivity contribution >= 4 is 5.78 Å². The lowest BCUT2D eigenvalue weighted by Gasteiger charge is -2.28. The zero-order valence-electron chi connectivity index (χ0n) is 9.32. The van der Waals surface area contributed by atoms with Crippen LogP contribution in [0.3, 0.4) is 0 Å². The minimum Gasteiger partial charge on any atom is -0.396 e. The summed E-state index contributed by atoms with van der Waals surface area (Å²) in [5.74, 6) is 0.855. The highest BCUT2D eigenvalue weighted by atomic mass is 16.3. The number of aliphatic hydroxyl groups is 1. The van der Waals surface area contributed by atoms with Crippen molar-refractivity contribution in [2.24, 2.45) is 5.92 Å². The van der Waals surface area contributed by atoms with E-state index < -0.39 is 0 Å². The van der Waals surface area contributed by atoms with Gasteiger partial charge in [0, 0.05) is 32.0 Å². The van der Waals surface area contributed by atoms with E-state index in [-0.39, 0.29) is 0 Å². The molecule has 1 aliphatic heterocycles. The largest absolute Gasteiger partial charge is 0.396 e. The first-order valence-electron chi connectivity index (χ1n) is 6.16. The number of likely N-dealkylation sites (tertiary alicyclic amines) is 1. The third-order valence-corrected chi connectivity index (χ3v) is 3.79. The second kappa shape index (κ2) is 5.08. The van der Waals surface area contributed by atoms with Crippen molar-refractivity contribution in [3.05, 3.63) is 0 Å². The van der Waals surface area contributed by atoms with Crippen LogP contribution in [0.15, 0.2) is 0 Å². The van der Waals surface area contributed by atoms with Gasteiger partial charge in [0.25, 0.3) is 0 Å². The van der Waals surface area contributed by atoms with Crippen LogP contribution in [0.5, 0.6) is 0 Å². The third kappa shape index (κ3) is 2.79. The molecule has 2 rings (SSSR count). The molecular formula is C12H21NO2. The smallest absolute Gasteiger partial charge is 0.134 e. The van der Waals surface area contributed by atoms with Crippen LogP contribution in [-0.4, -0.2) is 41.5 Å². The highest BCUT2D eigenvalue weighted by Crippen LogP contribution is 2.25. The van der Waals surface area contributed by atoms with Gasteiger partial charge in [-0.3, -0.25) is 9.69 Å². The molecule has 0 aromatic heterocycles. The molecule has 0 aromatic rings. The minimum atomic E-state index is 0.303. The molecule has 2 atom stereocenters. The molecule has 2 fully saturated rings. The maximum Gasteiger partial charge on any atom is 0.134 e. The van der Waals surface area contributed by atoms with Crippen molar-refractivity contribution in [3.8, 4) is 0 Å². The quantitative estimate of drug-likeness (QED) is 0.746. The Morgan fingerprint density at radius 2 is 2.20 bits per heavy atom. The van der Waals surface area contributed by atoms with Crippen LogP contribution in [0.2, 0.25) is 0 Å². The van der Waals surface area contributed by atoms with Gasteiger partial charge in [-0.1, -0.05) is 6.42 Å². The Morgan fingerprint density at radius 1 is 1.33 bits per heavy atom. The summed E-state index contributed by atoms with van der Waals surface area (Å²) in [5, 5.41) is 9.23. The van der Waals surface area contributed by atoms with Crippen LogP contribution in [-0.2, 0) is 4.79 Å². The van der Waals surface area contributed by atoms with Crippen LogP contribution in [0.25, 0.3) is 0 Å². The van der Waals surface area contributed by atoms with Gasteiger partial charge < -0.3 is 5.11 Å². The van der Waals surface area contributed by atoms with Crippen LogP contribution < -0.4 is 0 Å². The minimum absolute atomic E-state index is 0.303. The normalized spacial score (nSPS) is 34.3. The van der Waals surface area contributed by atoms with Gasteiger partial charge in [-0.25, -0.2) is 0 Å². The number of hydrogen-bond donors (Lipinski definition) is 1. The fourth-order valence-electron chi connectivity index (χ4n) is 2.85. The van der Waals surface area contributed by atoms with E-state index in [1.807, 2.05) is 0 Å². The maximum absolute atomic E-state index is 11.3. The van der Waals surface area contributed by atoms with Gasteiger partial charge in [-0.15, -0.1) is 0 Å². The first-order valence-corrected chi connectivity index (χ1v) is 6.16. The topological polar surface area (TPSA) is 40.5 Å². The fourth-order valence-corrected chi connectivity index (χ4v) is 2.85. The summed E-state index contributed by atoms with van der Waals surface area (Å²) in [4.78, 5) is 13.7. The van der Waals surface area contributed by atoms with Gasteiger partial charge in [0.1, 0.15) is 5.78 Å². The lowest BCUT2D eigenvalue weighted by atomic mass is 10.0. The second-order valence-electron chi connectivity index (χ2n) is 4.97. The molecule has 3 nitrogen and oxygen atoms in total. The number of rotatable bonds is 2. The molecule has 15 heavy (non-hydrogen) atoms. The van der Waals surface area contributed by atoms with E-state index in [2.05, 4.69) is 4.90 Å². The lowest BCUT2D eigenvalue weighted by molar-refractivity contribution is -0.117. The summed E-state index contributed by atoms with van der Waals surface area (Å²) < 4.78 is 0. The highest BCUT2D eigenvalue weighted by Gasteiger charge is 2.29. The molecule has 1 aliphatic carbocycles. The SMILES string of the molecule is O=C1CCC(N2CCCCC(CO)C2)C1. The van der Waals surface area contributed by atoms with E-state index in [1.54, 1.807) is 0 Å². The monoisotopic (exact) mass is 211 g/mol. The number of hydrogen-bond acceptors (Lipinski definition) is 3. The molecule has 1 N–H and O–H groups in total. The molecule has 0 aromatic carbocycles. The molecule has 3 heteroatoms. The molecule has 0 spiro atoms. The van der Waals surface area contributed by atoms with E-state index in [0.717, 1.165) is 38.8 Å². The zero-order chi connectivity index (χ0) is 10.7. The lowest BCUT2D eigenvalue weighted by Crippen LogP contribution is -2.37. The highest BCUT2D eigenvalue weighted by molar-refractivity contribution is 5.81. The molecule has 86 valence electrons. The number of Topliss-reactive ketones (excluding diaryl/α,β-unsaturated/α-hetero) is 1. The average molecular weight is 211 g/mol. The van der Waals surface area contributed by atoms with Crippen molar-refractivity contribution in [3.63, 3.8) is 0 Å². The second-order valence-corrected chi connectivity index (χ2v) is 4.97. The van der Waals surface area contributed by atoms with Gasteiger partial charge in [0.15, 0.2) is 0 Å². The summed E-state index contributed by atoms with van der Waals surface area (Å²) in [6.07, 6.45) is 6.15. The van der Waals surface area contributed by atoms with Gasteiger partial charge in [0.2, 0.25) is 0 Å². The Hall–Kier alpha value is -0.410. The number of ketones is 1.